The molecule has 0 fully saturated rings. The molecule has 1 amide bonds. The number of benzene rings is 1. The van der Waals surface area contributed by atoms with Crippen LogP contribution in [0.5, 0.6) is 5.75 Å². The minimum atomic E-state index is -0.244. The van der Waals surface area contributed by atoms with E-state index >= 15 is 0 Å². The zero-order valence-electron chi connectivity index (χ0n) is 12.5. The van der Waals surface area contributed by atoms with E-state index in [1.54, 1.807) is 19.2 Å². The fraction of sp³-hybridized carbons (Fsp3) is 0.133. The minimum absolute atomic E-state index is 0.0258. The smallest absolute Gasteiger partial charge is 0.322 e. The molecular formula is C15H12BrN3O4S. The van der Waals surface area contributed by atoms with Gasteiger partial charge in [0.05, 0.1) is 12.9 Å². The van der Waals surface area contributed by atoms with Gasteiger partial charge in [-0.25, -0.2) is 0 Å². The molecule has 0 spiro atoms. The lowest BCUT2D eigenvalue weighted by molar-refractivity contribution is -0.113. The normalized spacial score (nSPS) is 10.6. The van der Waals surface area contributed by atoms with Crippen LogP contribution in [-0.2, 0) is 4.79 Å². The van der Waals surface area contributed by atoms with E-state index in [0.717, 1.165) is 10.6 Å². The van der Waals surface area contributed by atoms with Crippen molar-refractivity contribution in [2.45, 2.75) is 4.90 Å². The van der Waals surface area contributed by atoms with E-state index in [-0.39, 0.29) is 23.6 Å². The number of carbonyl (C=O) groups is 1. The number of nitrogens with zero attached hydrogens (tertiary/aromatic N) is 2. The van der Waals surface area contributed by atoms with Crippen LogP contribution in [0.15, 0.2) is 54.8 Å². The predicted octanol–water partition coefficient (Wildman–Crippen LogP) is 3.83. The number of thioether (sulfide) groups is 1. The van der Waals surface area contributed by atoms with Gasteiger partial charge in [0.15, 0.2) is 10.4 Å². The Balaban J connectivity index is 1.54. The Morgan fingerprint density at radius 3 is 2.67 bits per heavy atom. The highest BCUT2D eigenvalue weighted by Gasteiger charge is 2.14. The van der Waals surface area contributed by atoms with E-state index in [1.165, 1.54) is 11.8 Å². The van der Waals surface area contributed by atoms with E-state index in [9.17, 15) is 4.79 Å². The lowest BCUT2D eigenvalue weighted by Crippen LogP contribution is -2.14. The third-order valence-corrected chi connectivity index (χ3v) is 4.32. The van der Waals surface area contributed by atoms with Crippen molar-refractivity contribution in [3.8, 4) is 17.4 Å². The molecule has 7 nitrogen and oxygen atoms in total. The first-order chi connectivity index (χ1) is 11.6. The second kappa shape index (κ2) is 7.54. The van der Waals surface area contributed by atoms with Crippen molar-refractivity contribution in [1.29, 1.82) is 0 Å². The van der Waals surface area contributed by atoms with Gasteiger partial charge < -0.3 is 13.6 Å². The Kier molecular flexibility index (Phi) is 5.21. The van der Waals surface area contributed by atoms with Crippen LogP contribution >= 0.6 is 27.7 Å². The molecule has 0 aliphatic carbocycles. The third-order valence-electron chi connectivity index (χ3n) is 2.88. The fourth-order valence-corrected chi connectivity index (χ4v) is 2.78. The van der Waals surface area contributed by atoms with Crippen LogP contribution in [0.3, 0.4) is 0 Å². The highest BCUT2D eigenvalue weighted by atomic mass is 79.9. The molecule has 0 aliphatic rings. The van der Waals surface area contributed by atoms with E-state index in [2.05, 4.69) is 31.4 Å². The highest BCUT2D eigenvalue weighted by molar-refractivity contribution is 9.10. The van der Waals surface area contributed by atoms with Gasteiger partial charge in [-0.15, -0.1) is 16.9 Å². The number of carbonyl (C=O) groups excluding carboxylic acids is 1. The number of anilines is 1. The molecule has 0 saturated carbocycles. The van der Waals surface area contributed by atoms with E-state index < -0.39 is 0 Å². The molecular weight excluding hydrogens is 398 g/mol. The number of methoxy groups -OCH3 is 1. The number of amides is 1. The molecule has 9 heteroatoms. The molecule has 24 heavy (non-hydrogen) atoms. The number of rotatable bonds is 6. The number of nitrogens with one attached hydrogen (secondary N) is 1. The second-order valence-corrected chi connectivity index (χ2v) is 6.36. The van der Waals surface area contributed by atoms with Crippen LogP contribution in [0.25, 0.3) is 11.7 Å². The molecule has 1 N–H and O–H groups in total. The molecule has 2 aromatic heterocycles. The Bertz CT molecular complexity index is 831. The van der Waals surface area contributed by atoms with Crippen molar-refractivity contribution in [2.24, 2.45) is 0 Å². The number of halogens is 1. The van der Waals surface area contributed by atoms with Gasteiger partial charge in [-0.1, -0.05) is 5.10 Å². The quantitative estimate of drug-likeness (QED) is 0.618. The van der Waals surface area contributed by atoms with Gasteiger partial charge in [-0.3, -0.25) is 10.1 Å². The van der Waals surface area contributed by atoms with Crippen molar-refractivity contribution in [1.82, 2.24) is 10.2 Å². The Labute approximate surface area is 149 Å². The Hall–Kier alpha value is -2.26. The monoisotopic (exact) mass is 409 g/mol. The molecule has 0 aliphatic heterocycles. The third kappa shape index (κ3) is 4.18. The largest absolute Gasteiger partial charge is 0.497 e. The van der Waals surface area contributed by atoms with Gasteiger partial charge in [0.25, 0.3) is 5.89 Å². The summed E-state index contributed by atoms with van der Waals surface area (Å²) in [6.45, 7) is 0. The molecule has 0 saturated heterocycles. The molecule has 3 rings (SSSR count). The van der Waals surface area contributed by atoms with Crippen LogP contribution in [0.1, 0.15) is 0 Å². The predicted molar refractivity (Wildman–Crippen MR) is 92.0 cm³/mol. The SMILES string of the molecule is COc1ccc(SCC(=O)Nc2nnc(-c3ccc(Br)o3)o2)cc1. The van der Waals surface area contributed by atoms with Crippen molar-refractivity contribution in [3.05, 3.63) is 41.1 Å². The first kappa shape index (κ1) is 16.6. The fourth-order valence-electron chi connectivity index (χ4n) is 1.78. The molecule has 1 aromatic carbocycles. The first-order valence-electron chi connectivity index (χ1n) is 6.80. The number of furan rings is 1. The molecule has 0 unspecified atom stereocenters. The summed E-state index contributed by atoms with van der Waals surface area (Å²) in [6.07, 6.45) is 0. The maximum Gasteiger partial charge on any atom is 0.322 e. The first-order valence-corrected chi connectivity index (χ1v) is 8.58. The standard InChI is InChI=1S/C15H12BrN3O4S/c1-21-9-2-4-10(5-3-9)24-8-13(20)17-15-19-18-14(23-15)11-6-7-12(16)22-11/h2-7H,8H2,1H3,(H,17,19,20). The lowest BCUT2D eigenvalue weighted by atomic mass is 10.3. The zero-order valence-corrected chi connectivity index (χ0v) is 14.9. The number of hydrogen-bond donors (Lipinski definition) is 1. The van der Waals surface area contributed by atoms with Crippen molar-refractivity contribution >= 4 is 39.6 Å². The van der Waals surface area contributed by atoms with Crippen LogP contribution in [0.2, 0.25) is 0 Å². The van der Waals surface area contributed by atoms with Gasteiger partial charge in [0.1, 0.15) is 5.75 Å². The van der Waals surface area contributed by atoms with E-state index in [0.29, 0.717) is 10.4 Å². The van der Waals surface area contributed by atoms with Gasteiger partial charge in [0, 0.05) is 4.90 Å². The van der Waals surface area contributed by atoms with Crippen LogP contribution in [0.4, 0.5) is 6.01 Å². The summed E-state index contributed by atoms with van der Waals surface area (Å²) in [5.41, 5.74) is 0. The minimum Gasteiger partial charge on any atom is -0.497 e. The summed E-state index contributed by atoms with van der Waals surface area (Å²) >= 11 is 4.58. The van der Waals surface area contributed by atoms with Gasteiger partial charge >= 0.3 is 6.01 Å². The molecule has 124 valence electrons. The lowest BCUT2D eigenvalue weighted by Gasteiger charge is -2.03. The highest BCUT2D eigenvalue weighted by Crippen LogP contribution is 2.25. The molecule has 2 heterocycles. The maximum absolute atomic E-state index is 11.9. The topological polar surface area (TPSA) is 90.4 Å². The Morgan fingerprint density at radius 2 is 2.00 bits per heavy atom. The summed E-state index contributed by atoms with van der Waals surface area (Å²) in [5, 5.41) is 10.1. The molecule has 0 radical (unpaired) electrons. The van der Waals surface area contributed by atoms with Gasteiger partial charge in [-0.2, -0.15) is 0 Å². The summed E-state index contributed by atoms with van der Waals surface area (Å²) in [6, 6.07) is 10.9. The summed E-state index contributed by atoms with van der Waals surface area (Å²) in [4.78, 5) is 12.9. The van der Waals surface area contributed by atoms with Crippen LogP contribution in [0, 0.1) is 0 Å². The molecule has 0 bridgehead atoms. The Morgan fingerprint density at radius 1 is 1.21 bits per heavy atom. The van der Waals surface area contributed by atoms with Crippen molar-refractivity contribution in [2.75, 3.05) is 18.2 Å². The van der Waals surface area contributed by atoms with Crippen molar-refractivity contribution in [3.63, 3.8) is 0 Å². The van der Waals surface area contributed by atoms with E-state index in [4.69, 9.17) is 13.6 Å². The van der Waals surface area contributed by atoms with Gasteiger partial charge in [-0.05, 0) is 52.3 Å². The summed E-state index contributed by atoms with van der Waals surface area (Å²) in [5.74, 6) is 1.36. The molecule has 0 atom stereocenters. The van der Waals surface area contributed by atoms with E-state index in [1.807, 2.05) is 24.3 Å². The maximum atomic E-state index is 11.9. The summed E-state index contributed by atoms with van der Waals surface area (Å²) < 4.78 is 16.3. The number of hydrogen-bond acceptors (Lipinski definition) is 7. The van der Waals surface area contributed by atoms with Crippen LogP contribution in [-0.4, -0.2) is 29.0 Å². The average Bonchev–Trinajstić information content (AvgIpc) is 3.22. The molecule has 3 aromatic rings. The second-order valence-electron chi connectivity index (χ2n) is 4.53. The number of aromatic nitrogens is 2. The van der Waals surface area contributed by atoms with Gasteiger partial charge in [0.2, 0.25) is 5.91 Å². The van der Waals surface area contributed by atoms with Crippen LogP contribution < -0.4 is 10.1 Å². The average molecular weight is 410 g/mol. The number of ether oxygens (including phenoxy) is 1. The summed E-state index contributed by atoms with van der Waals surface area (Å²) in [7, 11) is 1.61. The zero-order chi connectivity index (χ0) is 16.9. The van der Waals surface area contributed by atoms with Crippen molar-refractivity contribution < 1.29 is 18.4 Å².